The number of aryl methyl sites for hydroxylation is 1. The number of ether oxygens (including phenoxy) is 1. The molecule has 1 aliphatic rings. The molecule has 2 aromatic carbocycles. The summed E-state index contributed by atoms with van der Waals surface area (Å²) in [7, 11) is 0. The Hall–Kier alpha value is -2.61. The van der Waals surface area contributed by atoms with Gasteiger partial charge in [0.1, 0.15) is 11.1 Å². The number of thiophene rings is 1. The van der Waals surface area contributed by atoms with Gasteiger partial charge >= 0.3 is 0 Å². The number of hydrogen-bond donors (Lipinski definition) is 1. The van der Waals surface area contributed by atoms with Crippen LogP contribution in [0.5, 0.6) is 0 Å². The number of nitrogens with zero attached hydrogens (tertiary/aromatic N) is 2. The fraction of sp³-hybridized carbons (Fsp3) is 0.261. The van der Waals surface area contributed by atoms with Gasteiger partial charge in [0, 0.05) is 11.3 Å². The molecule has 1 unspecified atom stereocenters. The molecule has 0 bridgehead atoms. The molecule has 1 saturated heterocycles. The van der Waals surface area contributed by atoms with Crippen molar-refractivity contribution in [1.82, 2.24) is 10.2 Å². The van der Waals surface area contributed by atoms with Crippen LogP contribution in [0, 0.1) is 6.92 Å². The summed E-state index contributed by atoms with van der Waals surface area (Å²) >= 11 is 2.92. The summed E-state index contributed by atoms with van der Waals surface area (Å²) in [6.45, 7) is 2.84. The van der Waals surface area contributed by atoms with Crippen LogP contribution in [0.15, 0.2) is 48.5 Å². The number of benzene rings is 2. The second-order valence-electron chi connectivity index (χ2n) is 7.47. The number of carbonyl (C=O) groups is 1. The summed E-state index contributed by atoms with van der Waals surface area (Å²) in [6.07, 6.45) is 2.72. The van der Waals surface area contributed by atoms with Crippen LogP contribution in [0.3, 0.4) is 0 Å². The van der Waals surface area contributed by atoms with Gasteiger partial charge in [-0.15, -0.1) is 21.5 Å². The first-order chi connectivity index (χ1) is 14.7. The zero-order valence-corrected chi connectivity index (χ0v) is 18.2. The SMILES string of the molecule is Cc1ccc(Cc2c(C(=O)Nc3nnc(C4CCCO4)s3)sc3ccccc23)cc1. The molecule has 2 aromatic heterocycles. The third-order valence-corrected chi connectivity index (χ3v) is 7.41. The van der Waals surface area contributed by atoms with Crippen LogP contribution in [0.2, 0.25) is 0 Å². The monoisotopic (exact) mass is 435 g/mol. The minimum Gasteiger partial charge on any atom is -0.371 e. The number of aromatic nitrogens is 2. The van der Waals surface area contributed by atoms with E-state index in [0.29, 0.717) is 11.6 Å². The lowest BCUT2D eigenvalue weighted by atomic mass is 10.0. The van der Waals surface area contributed by atoms with E-state index in [2.05, 4.69) is 58.8 Å². The molecule has 4 aromatic rings. The standard InChI is InChI=1S/C23H21N3O2S2/c1-14-8-10-15(11-9-14)13-17-16-5-2-3-7-19(16)29-20(17)21(27)24-23-26-25-22(30-23)18-6-4-12-28-18/h2-3,5,7-11,18H,4,6,12-13H2,1H3,(H,24,26,27). The molecule has 0 saturated carbocycles. The molecule has 1 fully saturated rings. The van der Waals surface area contributed by atoms with E-state index in [1.165, 1.54) is 33.8 Å². The smallest absolute Gasteiger partial charge is 0.267 e. The normalized spacial score (nSPS) is 16.2. The van der Waals surface area contributed by atoms with E-state index in [-0.39, 0.29) is 12.0 Å². The van der Waals surface area contributed by atoms with Gasteiger partial charge in [0.2, 0.25) is 5.13 Å². The Labute approximate surface area is 182 Å². The Bertz CT molecular complexity index is 1190. The summed E-state index contributed by atoms with van der Waals surface area (Å²) in [5, 5.41) is 13.8. The molecule has 7 heteroatoms. The maximum Gasteiger partial charge on any atom is 0.267 e. The van der Waals surface area contributed by atoms with Crippen LogP contribution in [-0.2, 0) is 11.2 Å². The quantitative estimate of drug-likeness (QED) is 0.433. The summed E-state index contributed by atoms with van der Waals surface area (Å²) in [5.74, 6) is -0.131. The average molecular weight is 436 g/mol. The molecule has 5 rings (SSSR count). The fourth-order valence-corrected chi connectivity index (χ4v) is 5.65. The van der Waals surface area contributed by atoms with Gasteiger partial charge in [-0.25, -0.2) is 0 Å². The number of rotatable bonds is 5. The van der Waals surface area contributed by atoms with Crippen molar-refractivity contribution in [2.24, 2.45) is 0 Å². The molecule has 152 valence electrons. The Balaban J connectivity index is 1.44. The van der Waals surface area contributed by atoms with Gasteiger partial charge in [-0.3, -0.25) is 10.1 Å². The molecule has 1 atom stereocenters. The highest BCUT2D eigenvalue weighted by atomic mass is 32.1. The third-order valence-electron chi connectivity index (χ3n) is 5.27. The van der Waals surface area contributed by atoms with E-state index >= 15 is 0 Å². The van der Waals surface area contributed by atoms with Crippen LogP contribution < -0.4 is 5.32 Å². The van der Waals surface area contributed by atoms with E-state index in [1.807, 2.05) is 12.1 Å². The molecule has 5 nitrogen and oxygen atoms in total. The van der Waals surface area contributed by atoms with E-state index in [4.69, 9.17) is 4.74 Å². The number of carbonyl (C=O) groups excluding carboxylic acids is 1. The number of anilines is 1. The van der Waals surface area contributed by atoms with Crippen molar-refractivity contribution < 1.29 is 9.53 Å². The predicted molar refractivity (Wildman–Crippen MR) is 122 cm³/mol. The van der Waals surface area contributed by atoms with Gasteiger partial charge in [0.25, 0.3) is 5.91 Å². The Kier molecular flexibility index (Phi) is 5.33. The van der Waals surface area contributed by atoms with Crippen LogP contribution in [0.1, 0.15) is 50.3 Å². The van der Waals surface area contributed by atoms with Gasteiger partial charge in [0.15, 0.2) is 0 Å². The van der Waals surface area contributed by atoms with Gasteiger partial charge < -0.3 is 4.74 Å². The lowest BCUT2D eigenvalue weighted by molar-refractivity contribution is 0.103. The number of fused-ring (bicyclic) bond motifs is 1. The molecule has 1 amide bonds. The average Bonchev–Trinajstić information content (AvgIpc) is 3.50. The lowest BCUT2D eigenvalue weighted by Crippen LogP contribution is -2.12. The zero-order chi connectivity index (χ0) is 20.5. The summed E-state index contributed by atoms with van der Waals surface area (Å²) < 4.78 is 6.79. The second-order valence-corrected chi connectivity index (χ2v) is 9.53. The number of nitrogens with one attached hydrogen (secondary N) is 1. The molecular formula is C23H21N3O2S2. The van der Waals surface area contributed by atoms with Crippen LogP contribution in [-0.4, -0.2) is 22.7 Å². The third kappa shape index (κ3) is 3.88. The highest BCUT2D eigenvalue weighted by molar-refractivity contribution is 7.21. The van der Waals surface area contributed by atoms with Crippen molar-refractivity contribution in [2.45, 2.75) is 32.3 Å². The van der Waals surface area contributed by atoms with Gasteiger partial charge in [-0.1, -0.05) is 59.4 Å². The molecule has 1 N–H and O–H groups in total. The van der Waals surface area contributed by atoms with Crippen molar-refractivity contribution in [3.05, 3.63) is 75.1 Å². The number of hydrogen-bond acceptors (Lipinski definition) is 6. The predicted octanol–water partition coefficient (Wildman–Crippen LogP) is 5.76. The molecule has 1 aliphatic heterocycles. The molecule has 30 heavy (non-hydrogen) atoms. The van der Waals surface area contributed by atoms with E-state index in [0.717, 1.165) is 45.0 Å². The van der Waals surface area contributed by atoms with Crippen LogP contribution in [0.25, 0.3) is 10.1 Å². The highest BCUT2D eigenvalue weighted by Crippen LogP contribution is 2.35. The van der Waals surface area contributed by atoms with Crippen molar-refractivity contribution in [3.63, 3.8) is 0 Å². The zero-order valence-electron chi connectivity index (χ0n) is 16.6. The first-order valence-electron chi connectivity index (χ1n) is 9.99. The Morgan fingerprint density at radius 2 is 1.97 bits per heavy atom. The van der Waals surface area contributed by atoms with Gasteiger partial charge in [-0.05, 0) is 48.8 Å². The first kappa shape index (κ1) is 19.4. The van der Waals surface area contributed by atoms with Crippen molar-refractivity contribution >= 4 is 43.8 Å². The maximum atomic E-state index is 13.2. The summed E-state index contributed by atoms with van der Waals surface area (Å²) in [5.41, 5.74) is 3.47. The minimum atomic E-state index is -0.131. The van der Waals surface area contributed by atoms with Crippen LogP contribution >= 0.6 is 22.7 Å². The lowest BCUT2D eigenvalue weighted by Gasteiger charge is -2.06. The fourth-order valence-electron chi connectivity index (χ4n) is 3.71. The molecule has 0 radical (unpaired) electrons. The van der Waals surface area contributed by atoms with E-state index in [1.54, 1.807) is 0 Å². The van der Waals surface area contributed by atoms with Gasteiger partial charge in [0.05, 0.1) is 4.88 Å². The second kappa shape index (κ2) is 8.26. The first-order valence-corrected chi connectivity index (χ1v) is 11.6. The molecule has 0 spiro atoms. The maximum absolute atomic E-state index is 13.2. The molecular weight excluding hydrogens is 414 g/mol. The van der Waals surface area contributed by atoms with Crippen molar-refractivity contribution in [3.8, 4) is 0 Å². The van der Waals surface area contributed by atoms with Crippen molar-refractivity contribution in [1.29, 1.82) is 0 Å². The van der Waals surface area contributed by atoms with Crippen LogP contribution in [0.4, 0.5) is 5.13 Å². The topological polar surface area (TPSA) is 64.1 Å². The summed E-state index contributed by atoms with van der Waals surface area (Å²) in [6, 6.07) is 16.7. The minimum absolute atomic E-state index is 0.00887. The van der Waals surface area contributed by atoms with E-state index < -0.39 is 0 Å². The van der Waals surface area contributed by atoms with E-state index in [9.17, 15) is 4.79 Å². The Morgan fingerprint density at radius 1 is 1.13 bits per heavy atom. The molecule has 0 aliphatic carbocycles. The highest BCUT2D eigenvalue weighted by Gasteiger charge is 2.24. The largest absolute Gasteiger partial charge is 0.371 e. The van der Waals surface area contributed by atoms with Crippen molar-refractivity contribution in [2.75, 3.05) is 11.9 Å². The Morgan fingerprint density at radius 3 is 2.77 bits per heavy atom. The molecule has 3 heterocycles. The number of amides is 1. The van der Waals surface area contributed by atoms with Gasteiger partial charge in [-0.2, -0.15) is 0 Å². The summed E-state index contributed by atoms with van der Waals surface area (Å²) in [4.78, 5) is 13.9.